The van der Waals surface area contributed by atoms with E-state index in [2.05, 4.69) is 17.2 Å². The zero-order valence-corrected chi connectivity index (χ0v) is 9.57. The van der Waals surface area contributed by atoms with Gasteiger partial charge in [0.15, 0.2) is 0 Å². The van der Waals surface area contributed by atoms with Gasteiger partial charge in [0.25, 0.3) is 5.19 Å². The molecule has 0 radical (unpaired) electrons. The van der Waals surface area contributed by atoms with Crippen LogP contribution in [0.5, 0.6) is 5.19 Å². The largest absolute Gasteiger partial charge is 0.465 e. The molecule has 1 aliphatic heterocycles. The maximum absolute atomic E-state index is 5.75. The number of rotatable bonds is 2. The SMILES string of the molecule is CC1CCNCC1Oc1nc(Cl)cs1. The van der Waals surface area contributed by atoms with Crippen molar-refractivity contribution in [3.63, 3.8) is 0 Å². The summed E-state index contributed by atoms with van der Waals surface area (Å²) in [5.74, 6) is 0.582. The summed E-state index contributed by atoms with van der Waals surface area (Å²) in [7, 11) is 0. The second-order valence-corrected chi connectivity index (χ2v) is 4.77. The predicted octanol–water partition coefficient (Wildman–Crippen LogP) is 2.17. The fourth-order valence-electron chi connectivity index (χ4n) is 1.54. The first kappa shape index (κ1) is 10.2. The van der Waals surface area contributed by atoms with Crippen LogP contribution in [0.2, 0.25) is 5.15 Å². The Hall–Kier alpha value is -0.320. The Kier molecular flexibility index (Phi) is 3.26. The standard InChI is InChI=1S/C9H13ClN2OS/c1-6-2-3-11-4-7(6)13-9-12-8(10)5-14-9/h5-7,11H,2-4H2,1H3. The van der Waals surface area contributed by atoms with Crippen LogP contribution in [0.1, 0.15) is 13.3 Å². The van der Waals surface area contributed by atoms with Gasteiger partial charge in [-0.3, -0.25) is 0 Å². The lowest BCUT2D eigenvalue weighted by atomic mass is 9.97. The monoisotopic (exact) mass is 232 g/mol. The van der Waals surface area contributed by atoms with E-state index in [-0.39, 0.29) is 6.10 Å². The summed E-state index contributed by atoms with van der Waals surface area (Å²) in [6, 6.07) is 0. The number of thiazole rings is 1. The van der Waals surface area contributed by atoms with Gasteiger partial charge in [0.1, 0.15) is 11.3 Å². The van der Waals surface area contributed by atoms with E-state index in [4.69, 9.17) is 16.3 Å². The average Bonchev–Trinajstić information content (AvgIpc) is 2.56. The Morgan fingerprint density at radius 3 is 3.21 bits per heavy atom. The molecule has 78 valence electrons. The van der Waals surface area contributed by atoms with Crippen molar-refractivity contribution in [2.75, 3.05) is 13.1 Å². The summed E-state index contributed by atoms with van der Waals surface area (Å²) in [5.41, 5.74) is 0. The molecule has 2 heterocycles. The van der Waals surface area contributed by atoms with E-state index in [9.17, 15) is 0 Å². The van der Waals surface area contributed by atoms with Gasteiger partial charge < -0.3 is 10.1 Å². The first-order valence-electron chi connectivity index (χ1n) is 4.74. The molecule has 1 fully saturated rings. The first-order chi connectivity index (χ1) is 6.75. The molecule has 3 nitrogen and oxygen atoms in total. The molecule has 2 atom stereocenters. The van der Waals surface area contributed by atoms with Crippen LogP contribution in [-0.2, 0) is 0 Å². The van der Waals surface area contributed by atoms with Crippen molar-refractivity contribution in [1.29, 1.82) is 0 Å². The van der Waals surface area contributed by atoms with Gasteiger partial charge in [-0.05, 0) is 18.9 Å². The van der Waals surface area contributed by atoms with Gasteiger partial charge >= 0.3 is 0 Å². The summed E-state index contributed by atoms with van der Waals surface area (Å²) in [6.07, 6.45) is 1.38. The topological polar surface area (TPSA) is 34.1 Å². The van der Waals surface area contributed by atoms with Gasteiger partial charge in [0.05, 0.1) is 0 Å². The number of aromatic nitrogens is 1. The zero-order valence-electron chi connectivity index (χ0n) is 8.00. The van der Waals surface area contributed by atoms with Crippen molar-refractivity contribution in [3.8, 4) is 5.19 Å². The van der Waals surface area contributed by atoms with Gasteiger partial charge in [0, 0.05) is 11.9 Å². The van der Waals surface area contributed by atoms with Crippen molar-refractivity contribution in [2.45, 2.75) is 19.4 Å². The zero-order chi connectivity index (χ0) is 9.97. The van der Waals surface area contributed by atoms with E-state index in [1.54, 1.807) is 5.38 Å². The summed E-state index contributed by atoms with van der Waals surface area (Å²) in [6.45, 7) is 4.19. The van der Waals surface area contributed by atoms with Crippen LogP contribution in [0, 0.1) is 5.92 Å². The molecule has 0 aliphatic carbocycles. The highest BCUT2D eigenvalue weighted by atomic mass is 35.5. The lowest BCUT2D eigenvalue weighted by Crippen LogP contribution is -2.42. The highest BCUT2D eigenvalue weighted by Crippen LogP contribution is 2.25. The van der Waals surface area contributed by atoms with Crippen molar-refractivity contribution in [1.82, 2.24) is 10.3 Å². The van der Waals surface area contributed by atoms with Crippen LogP contribution < -0.4 is 10.1 Å². The molecule has 5 heteroatoms. The number of piperidine rings is 1. The lowest BCUT2D eigenvalue weighted by Gasteiger charge is -2.28. The summed E-state index contributed by atoms with van der Waals surface area (Å²) in [5, 5.41) is 6.29. The Balaban J connectivity index is 1.95. The van der Waals surface area contributed by atoms with Gasteiger partial charge in [-0.15, -0.1) is 0 Å². The molecule has 1 aromatic rings. The van der Waals surface area contributed by atoms with Gasteiger partial charge in [-0.2, -0.15) is 4.98 Å². The van der Waals surface area contributed by atoms with Crippen LogP contribution >= 0.6 is 22.9 Å². The maximum Gasteiger partial charge on any atom is 0.274 e. The highest BCUT2D eigenvalue weighted by molar-refractivity contribution is 7.11. The number of nitrogens with one attached hydrogen (secondary N) is 1. The molecule has 2 rings (SSSR count). The third kappa shape index (κ3) is 2.38. The molecular formula is C9H13ClN2OS. The first-order valence-corrected chi connectivity index (χ1v) is 6.00. The molecule has 0 saturated carbocycles. The van der Waals surface area contributed by atoms with E-state index in [0.717, 1.165) is 19.5 Å². The lowest BCUT2D eigenvalue weighted by molar-refractivity contribution is 0.114. The Morgan fingerprint density at radius 2 is 2.57 bits per heavy atom. The summed E-state index contributed by atoms with van der Waals surface area (Å²) < 4.78 is 5.75. The Labute approximate surface area is 92.4 Å². The van der Waals surface area contributed by atoms with Crippen LogP contribution in [-0.4, -0.2) is 24.2 Å². The van der Waals surface area contributed by atoms with Crippen molar-refractivity contribution < 1.29 is 4.74 Å². The second kappa shape index (κ2) is 4.47. The van der Waals surface area contributed by atoms with E-state index in [0.29, 0.717) is 16.3 Å². The number of ether oxygens (including phenoxy) is 1. The van der Waals surface area contributed by atoms with Crippen LogP contribution in [0.15, 0.2) is 5.38 Å². The van der Waals surface area contributed by atoms with E-state index in [1.807, 2.05) is 0 Å². The second-order valence-electron chi connectivity index (χ2n) is 3.56. The van der Waals surface area contributed by atoms with Crippen molar-refractivity contribution >= 4 is 22.9 Å². The molecule has 14 heavy (non-hydrogen) atoms. The highest BCUT2D eigenvalue weighted by Gasteiger charge is 2.23. The van der Waals surface area contributed by atoms with Crippen molar-refractivity contribution in [3.05, 3.63) is 10.5 Å². The van der Waals surface area contributed by atoms with Gasteiger partial charge in [-0.25, -0.2) is 0 Å². The molecule has 0 aromatic carbocycles. The molecule has 1 aliphatic rings. The number of hydrogen-bond acceptors (Lipinski definition) is 4. The minimum absolute atomic E-state index is 0.228. The average molecular weight is 233 g/mol. The predicted molar refractivity (Wildman–Crippen MR) is 58.2 cm³/mol. The molecule has 0 amide bonds. The van der Waals surface area contributed by atoms with Gasteiger partial charge in [0.2, 0.25) is 0 Å². The minimum Gasteiger partial charge on any atom is -0.465 e. The number of hydrogen-bond donors (Lipinski definition) is 1. The third-order valence-electron chi connectivity index (χ3n) is 2.46. The van der Waals surface area contributed by atoms with Crippen molar-refractivity contribution in [2.24, 2.45) is 5.92 Å². The maximum atomic E-state index is 5.75. The quantitative estimate of drug-likeness (QED) is 0.849. The molecule has 1 saturated heterocycles. The fraction of sp³-hybridized carbons (Fsp3) is 0.667. The van der Waals surface area contributed by atoms with E-state index >= 15 is 0 Å². The van der Waals surface area contributed by atoms with Crippen LogP contribution in [0.3, 0.4) is 0 Å². The van der Waals surface area contributed by atoms with Crippen LogP contribution in [0.4, 0.5) is 0 Å². The van der Waals surface area contributed by atoms with E-state index < -0.39 is 0 Å². The molecular weight excluding hydrogens is 220 g/mol. The number of halogens is 1. The summed E-state index contributed by atoms with van der Waals surface area (Å²) in [4.78, 5) is 4.07. The van der Waals surface area contributed by atoms with Crippen LogP contribution in [0.25, 0.3) is 0 Å². The molecule has 2 unspecified atom stereocenters. The Bertz CT molecular complexity index is 305. The molecule has 0 spiro atoms. The number of nitrogens with zero attached hydrogens (tertiary/aromatic N) is 1. The molecule has 1 N–H and O–H groups in total. The third-order valence-corrected chi connectivity index (χ3v) is 3.52. The molecule has 1 aromatic heterocycles. The van der Waals surface area contributed by atoms with Gasteiger partial charge in [-0.1, -0.05) is 29.9 Å². The van der Waals surface area contributed by atoms with E-state index in [1.165, 1.54) is 11.3 Å². The smallest absolute Gasteiger partial charge is 0.274 e. The minimum atomic E-state index is 0.228. The normalized spacial score (nSPS) is 27.6. The summed E-state index contributed by atoms with van der Waals surface area (Å²) >= 11 is 7.17. The fourth-order valence-corrected chi connectivity index (χ4v) is 2.38. The molecule has 0 bridgehead atoms. The Morgan fingerprint density at radius 1 is 1.71 bits per heavy atom.